The maximum absolute atomic E-state index is 12.8. The summed E-state index contributed by atoms with van der Waals surface area (Å²) in [6.45, 7) is 4.45. The minimum absolute atomic E-state index is 0.0801. The molecule has 4 rings (SSSR count). The summed E-state index contributed by atoms with van der Waals surface area (Å²) in [7, 11) is 3.53. The summed E-state index contributed by atoms with van der Waals surface area (Å²) in [5.41, 5.74) is 4.18. The second kappa shape index (κ2) is 9.34. The van der Waals surface area contributed by atoms with E-state index in [0.717, 1.165) is 59.7 Å². The average Bonchev–Trinajstić information content (AvgIpc) is 3.02. The predicted octanol–water partition coefficient (Wildman–Crippen LogP) is 3.92. The van der Waals surface area contributed by atoms with Crippen LogP contribution in [0.1, 0.15) is 31.7 Å². The van der Waals surface area contributed by atoms with Crippen molar-refractivity contribution in [2.75, 3.05) is 29.9 Å². The molecular formula is C25H30N4O3. The van der Waals surface area contributed by atoms with Gasteiger partial charge in [0.25, 0.3) is 0 Å². The molecule has 1 saturated heterocycles. The Morgan fingerprint density at radius 2 is 1.69 bits per heavy atom. The molecule has 1 aromatic heterocycles. The van der Waals surface area contributed by atoms with Gasteiger partial charge in [0.15, 0.2) is 0 Å². The Labute approximate surface area is 187 Å². The quantitative estimate of drug-likeness (QED) is 0.597. The number of anilines is 2. The van der Waals surface area contributed by atoms with E-state index in [1.54, 1.807) is 29.3 Å². The number of fused-ring (bicyclic) bond motifs is 1. The largest absolute Gasteiger partial charge is 0.494 e. The Hall–Kier alpha value is -3.48. The molecule has 0 unspecified atom stereocenters. The molecule has 1 aliphatic heterocycles. The molecule has 2 heterocycles. The summed E-state index contributed by atoms with van der Waals surface area (Å²) in [6, 6.07) is 11.5. The second-order valence-corrected chi connectivity index (χ2v) is 8.13. The lowest BCUT2D eigenvalue weighted by Gasteiger charge is -2.30. The Bertz CT molecular complexity index is 1200. The van der Waals surface area contributed by atoms with Gasteiger partial charge in [-0.1, -0.05) is 12.1 Å². The van der Waals surface area contributed by atoms with Crippen molar-refractivity contribution in [3.8, 4) is 5.75 Å². The fraction of sp³-hybridized carbons (Fsp3) is 0.360. The van der Waals surface area contributed by atoms with E-state index in [-0.39, 0.29) is 11.6 Å². The first-order valence-corrected chi connectivity index (χ1v) is 11.1. The molecule has 1 N–H and O–H groups in total. The van der Waals surface area contributed by atoms with Crippen LogP contribution in [-0.2, 0) is 18.9 Å². The van der Waals surface area contributed by atoms with Crippen molar-refractivity contribution in [1.29, 1.82) is 0 Å². The molecule has 168 valence electrons. The summed E-state index contributed by atoms with van der Waals surface area (Å²) in [6.07, 6.45) is 6.77. The smallest absolute Gasteiger partial charge is 0.328 e. The van der Waals surface area contributed by atoms with Crippen LogP contribution in [0.5, 0.6) is 5.75 Å². The number of piperidine rings is 1. The minimum Gasteiger partial charge on any atom is -0.494 e. The van der Waals surface area contributed by atoms with Crippen LogP contribution in [0.25, 0.3) is 17.1 Å². The van der Waals surface area contributed by atoms with Crippen molar-refractivity contribution in [2.45, 2.75) is 26.2 Å². The van der Waals surface area contributed by atoms with Crippen LogP contribution in [0.15, 0.2) is 47.3 Å². The summed E-state index contributed by atoms with van der Waals surface area (Å²) < 4.78 is 8.72. The molecule has 32 heavy (non-hydrogen) atoms. The Morgan fingerprint density at radius 1 is 1.03 bits per heavy atom. The molecule has 7 nitrogen and oxygen atoms in total. The molecule has 1 fully saturated rings. The van der Waals surface area contributed by atoms with Gasteiger partial charge in [-0.2, -0.15) is 0 Å². The molecule has 1 amide bonds. The zero-order chi connectivity index (χ0) is 22.7. The summed E-state index contributed by atoms with van der Waals surface area (Å²) in [4.78, 5) is 27.5. The maximum atomic E-state index is 12.8. The van der Waals surface area contributed by atoms with E-state index in [1.165, 1.54) is 12.5 Å². The number of hydrogen-bond acceptors (Lipinski definition) is 4. The Balaban J connectivity index is 1.62. The molecule has 7 heteroatoms. The summed E-state index contributed by atoms with van der Waals surface area (Å²) in [5.74, 6) is 0.597. The maximum Gasteiger partial charge on any atom is 0.328 e. The first-order chi connectivity index (χ1) is 15.5. The van der Waals surface area contributed by atoms with Crippen LogP contribution in [0.4, 0.5) is 11.4 Å². The third-order valence-electron chi connectivity index (χ3n) is 5.96. The van der Waals surface area contributed by atoms with E-state index < -0.39 is 0 Å². The highest BCUT2D eigenvalue weighted by Crippen LogP contribution is 2.33. The van der Waals surface area contributed by atoms with Crippen LogP contribution in [0.3, 0.4) is 0 Å². The van der Waals surface area contributed by atoms with E-state index in [2.05, 4.69) is 10.2 Å². The SMILES string of the molecule is CCOc1ccc(/C=C/C(=O)Nc2cc3c(cc2N2CCCCC2)n(C)c(=O)n3C)cc1. The summed E-state index contributed by atoms with van der Waals surface area (Å²) >= 11 is 0. The molecule has 3 aromatic rings. The number of imidazole rings is 1. The third-order valence-corrected chi connectivity index (χ3v) is 5.96. The van der Waals surface area contributed by atoms with Crippen LogP contribution < -0.4 is 20.6 Å². The highest BCUT2D eigenvalue weighted by atomic mass is 16.5. The van der Waals surface area contributed by atoms with Gasteiger partial charge in [-0.05, 0) is 62.1 Å². The fourth-order valence-electron chi connectivity index (χ4n) is 4.22. The van der Waals surface area contributed by atoms with Crippen LogP contribution in [0, 0.1) is 0 Å². The van der Waals surface area contributed by atoms with Gasteiger partial charge >= 0.3 is 5.69 Å². The number of carbonyl (C=O) groups is 1. The van der Waals surface area contributed by atoms with Gasteiger partial charge in [0.05, 0.1) is 29.0 Å². The van der Waals surface area contributed by atoms with Gasteiger partial charge < -0.3 is 15.0 Å². The number of rotatable bonds is 6. The fourth-order valence-corrected chi connectivity index (χ4v) is 4.22. The lowest BCUT2D eigenvalue weighted by molar-refractivity contribution is -0.111. The third kappa shape index (κ3) is 4.42. The molecule has 1 aliphatic rings. The van der Waals surface area contributed by atoms with Gasteiger partial charge in [-0.25, -0.2) is 4.79 Å². The molecule has 0 atom stereocenters. The van der Waals surface area contributed by atoms with Crippen molar-refractivity contribution >= 4 is 34.4 Å². The molecule has 0 spiro atoms. The number of carbonyl (C=O) groups excluding carboxylic acids is 1. The number of ether oxygens (including phenoxy) is 1. The first kappa shape index (κ1) is 21.7. The molecule has 0 bridgehead atoms. The monoisotopic (exact) mass is 434 g/mol. The van der Waals surface area contributed by atoms with E-state index >= 15 is 0 Å². The van der Waals surface area contributed by atoms with E-state index in [4.69, 9.17) is 4.74 Å². The molecule has 0 radical (unpaired) electrons. The van der Waals surface area contributed by atoms with Gasteiger partial charge in [0.2, 0.25) is 5.91 Å². The topological polar surface area (TPSA) is 68.5 Å². The minimum atomic E-state index is -0.211. The van der Waals surface area contributed by atoms with Crippen molar-refractivity contribution < 1.29 is 9.53 Å². The normalized spacial score (nSPS) is 14.3. The molecule has 0 aliphatic carbocycles. The summed E-state index contributed by atoms with van der Waals surface area (Å²) in [5, 5.41) is 3.04. The Morgan fingerprint density at radius 3 is 2.34 bits per heavy atom. The highest BCUT2D eigenvalue weighted by Gasteiger charge is 2.19. The number of aromatic nitrogens is 2. The highest BCUT2D eigenvalue weighted by molar-refractivity contribution is 6.05. The van der Waals surface area contributed by atoms with E-state index in [9.17, 15) is 9.59 Å². The molecular weight excluding hydrogens is 404 g/mol. The molecule has 0 saturated carbocycles. The zero-order valence-electron chi connectivity index (χ0n) is 18.9. The second-order valence-electron chi connectivity index (χ2n) is 8.13. The number of benzene rings is 2. The number of nitrogens with zero attached hydrogens (tertiary/aromatic N) is 3. The Kier molecular flexibility index (Phi) is 6.35. The van der Waals surface area contributed by atoms with Crippen molar-refractivity contribution in [2.24, 2.45) is 14.1 Å². The van der Waals surface area contributed by atoms with Gasteiger partial charge in [-0.15, -0.1) is 0 Å². The van der Waals surface area contributed by atoms with Crippen molar-refractivity contribution in [3.05, 3.63) is 58.5 Å². The van der Waals surface area contributed by atoms with Gasteiger partial charge in [0, 0.05) is 33.3 Å². The van der Waals surface area contributed by atoms with E-state index in [0.29, 0.717) is 6.61 Å². The average molecular weight is 435 g/mol. The number of nitrogens with one attached hydrogen (secondary N) is 1. The number of hydrogen-bond donors (Lipinski definition) is 1. The standard InChI is InChI=1S/C25H30N4O3/c1-4-32-19-11-8-18(9-12-19)10-13-24(30)26-20-16-22-23(28(3)25(31)27(22)2)17-21(20)29-14-6-5-7-15-29/h8-13,16-17H,4-7,14-15H2,1-3H3,(H,26,30)/b13-10+. The van der Waals surface area contributed by atoms with E-state index in [1.807, 2.05) is 43.3 Å². The number of aryl methyl sites for hydroxylation is 2. The van der Waals surface area contributed by atoms with Gasteiger partial charge in [-0.3, -0.25) is 13.9 Å². The predicted molar refractivity (Wildman–Crippen MR) is 129 cm³/mol. The molecule has 2 aromatic carbocycles. The first-order valence-electron chi connectivity index (χ1n) is 11.1. The van der Waals surface area contributed by atoms with Crippen molar-refractivity contribution in [1.82, 2.24) is 9.13 Å². The lowest BCUT2D eigenvalue weighted by Crippen LogP contribution is -2.30. The lowest BCUT2D eigenvalue weighted by atomic mass is 10.1. The number of amides is 1. The van der Waals surface area contributed by atoms with Crippen LogP contribution in [-0.4, -0.2) is 34.7 Å². The van der Waals surface area contributed by atoms with Crippen molar-refractivity contribution in [3.63, 3.8) is 0 Å². The van der Waals surface area contributed by atoms with Gasteiger partial charge in [0.1, 0.15) is 5.75 Å². The van der Waals surface area contributed by atoms with Crippen LogP contribution in [0.2, 0.25) is 0 Å². The zero-order valence-corrected chi connectivity index (χ0v) is 18.9. The van der Waals surface area contributed by atoms with Crippen LogP contribution >= 0.6 is 0 Å².